The van der Waals surface area contributed by atoms with Crippen LogP contribution in [0.25, 0.3) is 0 Å². The minimum absolute atomic E-state index is 0.373. The molecule has 2 N–H and O–H groups in total. The van der Waals surface area contributed by atoms with E-state index in [1.165, 1.54) is 0 Å². The van der Waals surface area contributed by atoms with Crippen molar-refractivity contribution in [2.24, 2.45) is 13.0 Å². The molecular weight excluding hydrogens is 194 g/mol. The summed E-state index contributed by atoms with van der Waals surface area (Å²) in [5.74, 6) is -1.12. The minimum atomic E-state index is -0.744. The van der Waals surface area contributed by atoms with Crippen molar-refractivity contribution in [3.63, 3.8) is 0 Å². The van der Waals surface area contributed by atoms with Crippen molar-refractivity contribution in [1.82, 2.24) is 15.1 Å². The molecular formula is C10H15N3O2. The van der Waals surface area contributed by atoms with E-state index in [1.54, 1.807) is 10.9 Å². The second kappa shape index (κ2) is 3.34. The molecule has 2 atom stereocenters. The zero-order valence-electron chi connectivity index (χ0n) is 8.90. The summed E-state index contributed by atoms with van der Waals surface area (Å²) in [6.07, 6.45) is 4.27. The number of nitrogens with one attached hydrogen (secondary N) is 1. The van der Waals surface area contributed by atoms with Gasteiger partial charge in [0.1, 0.15) is 0 Å². The third-order valence-electron chi connectivity index (χ3n) is 3.22. The maximum atomic E-state index is 11.1. The molecule has 1 aromatic heterocycles. The van der Waals surface area contributed by atoms with E-state index in [-0.39, 0.29) is 5.92 Å². The molecule has 1 aliphatic rings. The molecule has 0 aliphatic carbocycles. The highest BCUT2D eigenvalue weighted by atomic mass is 16.4. The van der Waals surface area contributed by atoms with Crippen molar-refractivity contribution in [1.29, 1.82) is 0 Å². The summed E-state index contributed by atoms with van der Waals surface area (Å²) < 4.78 is 1.69. The first-order valence-electron chi connectivity index (χ1n) is 5.01. The van der Waals surface area contributed by atoms with Gasteiger partial charge in [0.05, 0.1) is 17.7 Å². The molecule has 15 heavy (non-hydrogen) atoms. The van der Waals surface area contributed by atoms with Gasteiger partial charge in [-0.25, -0.2) is 0 Å². The highest BCUT2D eigenvalue weighted by Crippen LogP contribution is 2.35. The van der Waals surface area contributed by atoms with Gasteiger partial charge < -0.3 is 10.4 Å². The van der Waals surface area contributed by atoms with Gasteiger partial charge in [0.15, 0.2) is 0 Å². The number of carboxylic acids is 1. The van der Waals surface area contributed by atoms with Crippen LogP contribution in [0.1, 0.15) is 18.9 Å². The van der Waals surface area contributed by atoms with E-state index >= 15 is 0 Å². The summed E-state index contributed by atoms with van der Waals surface area (Å²) in [7, 11) is 1.83. The molecule has 2 unspecified atom stereocenters. The fraction of sp³-hybridized carbons (Fsp3) is 0.600. The first-order chi connectivity index (χ1) is 7.04. The summed E-state index contributed by atoms with van der Waals surface area (Å²) in [5, 5.41) is 16.5. The summed E-state index contributed by atoms with van der Waals surface area (Å²) in [4.78, 5) is 11.1. The highest BCUT2D eigenvalue weighted by molar-refractivity contribution is 5.72. The fourth-order valence-corrected chi connectivity index (χ4v) is 2.25. The lowest BCUT2D eigenvalue weighted by Gasteiger charge is -2.27. The zero-order chi connectivity index (χ0) is 11.1. The van der Waals surface area contributed by atoms with Gasteiger partial charge in [-0.2, -0.15) is 5.10 Å². The van der Waals surface area contributed by atoms with Crippen molar-refractivity contribution < 1.29 is 9.90 Å². The number of hydrogen-bond donors (Lipinski definition) is 2. The third-order valence-corrected chi connectivity index (χ3v) is 3.22. The minimum Gasteiger partial charge on any atom is -0.481 e. The number of nitrogens with zero attached hydrogens (tertiary/aromatic N) is 2. The molecule has 0 amide bonds. The average Bonchev–Trinajstić information content (AvgIpc) is 2.72. The maximum Gasteiger partial charge on any atom is 0.308 e. The van der Waals surface area contributed by atoms with Crippen molar-refractivity contribution >= 4 is 5.97 Å². The highest BCUT2D eigenvalue weighted by Gasteiger charge is 2.44. The molecule has 0 bridgehead atoms. The van der Waals surface area contributed by atoms with Crippen molar-refractivity contribution in [3.8, 4) is 0 Å². The standard InChI is InChI=1S/C10H15N3O2/c1-10(7-5-12-13(2)6-7)8(9(14)15)3-4-11-10/h5-6,8,11H,3-4H2,1-2H3,(H,14,15). The van der Waals surface area contributed by atoms with Crippen LogP contribution in [0.2, 0.25) is 0 Å². The Balaban J connectivity index is 2.36. The number of aryl methyl sites for hydroxylation is 1. The van der Waals surface area contributed by atoms with Gasteiger partial charge in [0, 0.05) is 18.8 Å². The summed E-state index contributed by atoms with van der Waals surface area (Å²) in [6, 6.07) is 0. The van der Waals surface area contributed by atoms with E-state index < -0.39 is 11.5 Å². The molecule has 2 rings (SSSR count). The Morgan fingerprint density at radius 1 is 1.80 bits per heavy atom. The molecule has 1 aliphatic heterocycles. The molecule has 2 heterocycles. The predicted molar refractivity (Wildman–Crippen MR) is 54.3 cm³/mol. The maximum absolute atomic E-state index is 11.1. The smallest absolute Gasteiger partial charge is 0.308 e. The van der Waals surface area contributed by atoms with Crippen LogP contribution in [0.5, 0.6) is 0 Å². The lowest BCUT2D eigenvalue weighted by Crippen LogP contribution is -2.41. The van der Waals surface area contributed by atoms with Gasteiger partial charge in [-0.05, 0) is 19.9 Å². The molecule has 0 radical (unpaired) electrons. The van der Waals surface area contributed by atoms with Crippen LogP contribution in [0, 0.1) is 5.92 Å². The van der Waals surface area contributed by atoms with Gasteiger partial charge in [0.2, 0.25) is 0 Å². The number of carbonyl (C=O) groups is 1. The summed E-state index contributed by atoms with van der Waals surface area (Å²) >= 11 is 0. The molecule has 1 saturated heterocycles. The van der Waals surface area contributed by atoms with Gasteiger partial charge in [0.25, 0.3) is 0 Å². The predicted octanol–water partition coefficient (Wildman–Crippen LogP) is 0.329. The number of hydrogen-bond acceptors (Lipinski definition) is 3. The molecule has 0 aromatic carbocycles. The lowest BCUT2D eigenvalue weighted by atomic mass is 9.83. The van der Waals surface area contributed by atoms with E-state index in [2.05, 4.69) is 10.4 Å². The SMILES string of the molecule is Cn1cc(C2(C)NCCC2C(=O)O)cn1. The zero-order valence-corrected chi connectivity index (χ0v) is 8.90. The Kier molecular flexibility index (Phi) is 2.26. The quantitative estimate of drug-likeness (QED) is 0.736. The first kappa shape index (κ1) is 10.2. The van der Waals surface area contributed by atoms with E-state index in [4.69, 9.17) is 5.11 Å². The van der Waals surface area contributed by atoms with Crippen LogP contribution < -0.4 is 5.32 Å². The largest absolute Gasteiger partial charge is 0.481 e. The second-order valence-corrected chi connectivity index (χ2v) is 4.21. The van der Waals surface area contributed by atoms with Crippen LogP contribution in [-0.2, 0) is 17.4 Å². The van der Waals surface area contributed by atoms with Crippen molar-refractivity contribution in [2.45, 2.75) is 18.9 Å². The Hall–Kier alpha value is -1.36. The number of aliphatic carboxylic acids is 1. The molecule has 82 valence electrons. The molecule has 5 heteroatoms. The normalized spacial score (nSPS) is 30.7. The Labute approximate surface area is 88.1 Å². The number of carboxylic acid groups (broad SMARTS) is 1. The lowest BCUT2D eigenvalue weighted by molar-refractivity contribution is -0.143. The Morgan fingerprint density at radius 2 is 2.53 bits per heavy atom. The van der Waals surface area contributed by atoms with Crippen LogP contribution in [0.4, 0.5) is 0 Å². The van der Waals surface area contributed by atoms with Crippen LogP contribution >= 0.6 is 0 Å². The Bertz CT molecular complexity index is 388. The summed E-state index contributed by atoms with van der Waals surface area (Å²) in [6.45, 7) is 2.66. The molecule has 1 aromatic rings. The number of aromatic nitrogens is 2. The molecule has 1 fully saturated rings. The average molecular weight is 209 g/mol. The van der Waals surface area contributed by atoms with Crippen LogP contribution in [0.3, 0.4) is 0 Å². The van der Waals surface area contributed by atoms with Gasteiger partial charge >= 0.3 is 5.97 Å². The van der Waals surface area contributed by atoms with Gasteiger partial charge in [-0.15, -0.1) is 0 Å². The van der Waals surface area contributed by atoms with E-state index in [0.717, 1.165) is 12.1 Å². The van der Waals surface area contributed by atoms with Gasteiger partial charge in [-0.1, -0.05) is 0 Å². The van der Waals surface area contributed by atoms with E-state index in [9.17, 15) is 4.79 Å². The first-order valence-corrected chi connectivity index (χ1v) is 5.01. The number of rotatable bonds is 2. The van der Waals surface area contributed by atoms with Crippen molar-refractivity contribution in [3.05, 3.63) is 18.0 Å². The fourth-order valence-electron chi connectivity index (χ4n) is 2.25. The topological polar surface area (TPSA) is 67.2 Å². The third kappa shape index (κ3) is 1.52. The second-order valence-electron chi connectivity index (χ2n) is 4.21. The molecule has 0 saturated carbocycles. The van der Waals surface area contributed by atoms with Crippen molar-refractivity contribution in [2.75, 3.05) is 6.54 Å². The van der Waals surface area contributed by atoms with Crippen LogP contribution in [-0.4, -0.2) is 27.4 Å². The van der Waals surface area contributed by atoms with E-state index in [0.29, 0.717) is 6.42 Å². The van der Waals surface area contributed by atoms with Gasteiger partial charge in [-0.3, -0.25) is 9.48 Å². The van der Waals surface area contributed by atoms with E-state index in [1.807, 2.05) is 20.2 Å². The molecule has 0 spiro atoms. The van der Waals surface area contributed by atoms with Crippen LogP contribution in [0.15, 0.2) is 12.4 Å². The molecule has 5 nitrogen and oxygen atoms in total. The summed E-state index contributed by atoms with van der Waals surface area (Å²) in [5.41, 5.74) is 0.454. The monoisotopic (exact) mass is 209 g/mol. The Morgan fingerprint density at radius 3 is 3.07 bits per heavy atom.